The molecule has 5 heteroatoms. The van der Waals surface area contributed by atoms with E-state index in [0.717, 1.165) is 9.75 Å². The van der Waals surface area contributed by atoms with Crippen LogP contribution in [0, 0.1) is 23.7 Å². The largest absolute Gasteiger partial charge is 0.309 e. The number of fused-ring (bicyclic) bond motifs is 1. The number of rotatable bonds is 2. The second-order valence-corrected chi connectivity index (χ2v) is 6.12. The van der Waals surface area contributed by atoms with Gasteiger partial charge in [0, 0.05) is 0 Å². The van der Waals surface area contributed by atoms with Crippen LogP contribution >= 0.6 is 11.3 Å². The zero-order chi connectivity index (χ0) is 16.9. The van der Waals surface area contributed by atoms with E-state index in [4.69, 9.17) is 0 Å². The molecule has 3 rings (SSSR count). The van der Waals surface area contributed by atoms with Crippen molar-refractivity contribution in [3.63, 3.8) is 0 Å². The Bertz CT molecular complexity index is 887. The lowest BCUT2D eigenvalue weighted by molar-refractivity contribution is 0.0675. The van der Waals surface area contributed by atoms with Gasteiger partial charge in [0.15, 0.2) is 0 Å². The van der Waals surface area contributed by atoms with Crippen molar-refractivity contribution in [3.8, 4) is 23.7 Å². The Morgan fingerprint density at radius 3 is 2.12 bits per heavy atom. The number of benzene rings is 1. The fourth-order valence-electron chi connectivity index (χ4n) is 2.28. The first kappa shape index (κ1) is 16.0. The van der Waals surface area contributed by atoms with Crippen LogP contribution in [0.25, 0.3) is 0 Å². The Morgan fingerprint density at radius 1 is 0.958 bits per heavy atom. The number of carbonyl (C=O) groups excluding carboxylic acids is 2. The molecule has 1 N–H and O–H groups in total. The summed E-state index contributed by atoms with van der Waals surface area (Å²) in [4.78, 5) is 27.4. The zero-order valence-corrected chi connectivity index (χ0v) is 13.9. The lowest BCUT2D eigenvalue weighted by Crippen LogP contribution is -2.29. The van der Waals surface area contributed by atoms with Crippen LogP contribution in [0.15, 0.2) is 36.4 Å². The number of hydrogen-bond donors (Lipinski definition) is 1. The van der Waals surface area contributed by atoms with Gasteiger partial charge in [-0.2, -0.15) is 0 Å². The molecule has 4 nitrogen and oxygen atoms in total. The van der Waals surface area contributed by atoms with Gasteiger partial charge in [0.1, 0.15) is 0 Å². The first-order valence-corrected chi connectivity index (χ1v) is 8.20. The van der Waals surface area contributed by atoms with E-state index in [-0.39, 0.29) is 18.4 Å². The number of nitrogens with zero attached hydrogens (tertiary/aromatic N) is 1. The summed E-state index contributed by atoms with van der Waals surface area (Å²) in [5, 5.41) is 2.96. The van der Waals surface area contributed by atoms with Gasteiger partial charge in [0.2, 0.25) is 0 Å². The molecule has 0 aliphatic carbocycles. The molecule has 0 radical (unpaired) electrons. The van der Waals surface area contributed by atoms with Gasteiger partial charge >= 0.3 is 0 Å². The van der Waals surface area contributed by atoms with E-state index in [9.17, 15) is 9.59 Å². The maximum absolute atomic E-state index is 12.2. The van der Waals surface area contributed by atoms with Gasteiger partial charge in [-0.1, -0.05) is 35.8 Å². The molecule has 0 saturated carbocycles. The van der Waals surface area contributed by atoms with Crippen LogP contribution in [0.5, 0.6) is 0 Å². The van der Waals surface area contributed by atoms with Gasteiger partial charge in [0.05, 0.1) is 34.0 Å². The summed E-state index contributed by atoms with van der Waals surface area (Å²) in [6, 6.07) is 10.6. The van der Waals surface area contributed by atoms with Crippen molar-refractivity contribution in [3.05, 3.63) is 57.3 Å². The summed E-state index contributed by atoms with van der Waals surface area (Å²) in [6.07, 6.45) is 0. The molecular weight excluding hydrogens is 320 g/mol. The van der Waals surface area contributed by atoms with E-state index in [2.05, 4.69) is 29.0 Å². The van der Waals surface area contributed by atoms with Gasteiger partial charge in [-0.3, -0.25) is 14.5 Å². The number of amides is 2. The first-order chi connectivity index (χ1) is 11.7. The van der Waals surface area contributed by atoms with Crippen molar-refractivity contribution in [2.45, 2.75) is 0 Å². The van der Waals surface area contributed by atoms with Crippen LogP contribution in [0.4, 0.5) is 0 Å². The van der Waals surface area contributed by atoms with E-state index in [1.165, 1.54) is 16.2 Å². The third kappa shape index (κ3) is 3.23. The smallest absolute Gasteiger partial charge is 0.262 e. The molecule has 1 aliphatic rings. The van der Waals surface area contributed by atoms with Gasteiger partial charge in [-0.25, -0.2) is 0 Å². The van der Waals surface area contributed by atoms with Crippen LogP contribution in [-0.4, -0.2) is 36.9 Å². The summed E-state index contributed by atoms with van der Waals surface area (Å²) in [7, 11) is 1.85. The fraction of sp³-hybridized carbons (Fsp3) is 0.158. The van der Waals surface area contributed by atoms with Crippen LogP contribution in [-0.2, 0) is 0 Å². The van der Waals surface area contributed by atoms with Gasteiger partial charge < -0.3 is 5.32 Å². The minimum Gasteiger partial charge on any atom is -0.309 e. The van der Waals surface area contributed by atoms with Crippen LogP contribution in [0.1, 0.15) is 30.5 Å². The molecule has 24 heavy (non-hydrogen) atoms. The number of nitrogens with one attached hydrogen (secondary N) is 1. The molecule has 2 heterocycles. The van der Waals surface area contributed by atoms with Crippen LogP contribution < -0.4 is 5.32 Å². The molecule has 0 bridgehead atoms. The van der Waals surface area contributed by atoms with Gasteiger partial charge in [-0.15, -0.1) is 11.3 Å². The third-order valence-electron chi connectivity index (χ3n) is 3.41. The Kier molecular flexibility index (Phi) is 4.77. The van der Waals surface area contributed by atoms with E-state index in [0.29, 0.717) is 17.7 Å². The zero-order valence-electron chi connectivity index (χ0n) is 13.1. The van der Waals surface area contributed by atoms with Crippen molar-refractivity contribution >= 4 is 23.2 Å². The van der Waals surface area contributed by atoms with Crippen molar-refractivity contribution in [1.29, 1.82) is 0 Å². The molecule has 0 atom stereocenters. The lowest BCUT2D eigenvalue weighted by Gasteiger charge is -2.08. The average molecular weight is 334 g/mol. The SMILES string of the molecule is CNCC#Cc1ccc(C#CCN2C(=O)c3ccccc3C2=O)s1. The number of hydrogen-bond acceptors (Lipinski definition) is 4. The van der Waals surface area contributed by atoms with E-state index < -0.39 is 0 Å². The second kappa shape index (κ2) is 7.14. The quantitative estimate of drug-likeness (QED) is 0.675. The van der Waals surface area contributed by atoms with Crippen molar-refractivity contribution < 1.29 is 9.59 Å². The highest BCUT2D eigenvalue weighted by Gasteiger charge is 2.34. The van der Waals surface area contributed by atoms with Crippen molar-refractivity contribution in [1.82, 2.24) is 10.2 Å². The first-order valence-electron chi connectivity index (χ1n) is 7.38. The van der Waals surface area contributed by atoms with E-state index in [1.807, 2.05) is 19.2 Å². The van der Waals surface area contributed by atoms with Crippen LogP contribution in [0.2, 0.25) is 0 Å². The summed E-state index contributed by atoms with van der Waals surface area (Å²) in [5.41, 5.74) is 0.894. The average Bonchev–Trinajstić information content (AvgIpc) is 3.14. The van der Waals surface area contributed by atoms with E-state index >= 15 is 0 Å². The molecule has 2 aromatic rings. The molecular formula is C19H14N2O2S. The normalized spacial score (nSPS) is 12.3. The van der Waals surface area contributed by atoms with Crippen molar-refractivity contribution in [2.24, 2.45) is 0 Å². The molecule has 1 aliphatic heterocycles. The highest BCUT2D eigenvalue weighted by molar-refractivity contribution is 7.13. The summed E-state index contributed by atoms with van der Waals surface area (Å²) < 4.78 is 0. The molecule has 2 amide bonds. The fourth-order valence-corrected chi connectivity index (χ4v) is 3.04. The standard InChI is InChI=1S/C19H14N2O2S/c1-20-12-4-6-14-10-11-15(24-14)7-5-13-21-18(22)16-8-2-3-9-17(16)19(21)23/h2-3,8-11,20H,12-13H2,1H3. The predicted molar refractivity (Wildman–Crippen MR) is 93.8 cm³/mol. The molecule has 118 valence electrons. The molecule has 0 unspecified atom stereocenters. The minimum atomic E-state index is -0.283. The van der Waals surface area contributed by atoms with Gasteiger partial charge in [0.25, 0.3) is 11.8 Å². The van der Waals surface area contributed by atoms with Crippen LogP contribution in [0.3, 0.4) is 0 Å². The second-order valence-electron chi connectivity index (χ2n) is 5.04. The Morgan fingerprint density at radius 2 is 1.54 bits per heavy atom. The van der Waals surface area contributed by atoms with Crippen molar-refractivity contribution in [2.75, 3.05) is 20.1 Å². The number of carbonyl (C=O) groups is 2. The summed E-state index contributed by atoms with van der Waals surface area (Å²) in [6.45, 7) is 0.726. The molecule has 1 aromatic heterocycles. The lowest BCUT2D eigenvalue weighted by atomic mass is 10.1. The molecule has 0 saturated heterocycles. The summed E-state index contributed by atoms with van der Waals surface area (Å²) in [5.74, 6) is 11.4. The topological polar surface area (TPSA) is 49.4 Å². The number of imide groups is 1. The monoisotopic (exact) mass is 334 g/mol. The summed E-state index contributed by atoms with van der Waals surface area (Å²) >= 11 is 1.49. The predicted octanol–water partition coefficient (Wildman–Crippen LogP) is 1.97. The Balaban J connectivity index is 1.68. The maximum atomic E-state index is 12.2. The molecule has 0 fully saturated rings. The maximum Gasteiger partial charge on any atom is 0.262 e. The third-order valence-corrected chi connectivity index (χ3v) is 4.33. The molecule has 1 aromatic carbocycles. The minimum absolute atomic E-state index is 0.0883. The Hall–Kier alpha value is -2.86. The van der Waals surface area contributed by atoms with E-state index in [1.54, 1.807) is 24.3 Å². The van der Waals surface area contributed by atoms with Gasteiger partial charge in [-0.05, 0) is 31.3 Å². The number of thiophene rings is 1. The highest BCUT2D eigenvalue weighted by atomic mass is 32.1. The Labute approximate surface area is 144 Å². The highest BCUT2D eigenvalue weighted by Crippen LogP contribution is 2.21. The molecule has 0 spiro atoms.